The normalized spacial score (nSPS) is 13.0. The van der Waals surface area contributed by atoms with Gasteiger partial charge >= 0.3 is 0 Å². The van der Waals surface area contributed by atoms with Gasteiger partial charge in [-0.15, -0.1) is 0 Å². The van der Waals surface area contributed by atoms with Gasteiger partial charge in [-0.3, -0.25) is 4.90 Å². The maximum atomic E-state index is 6.17. The number of aromatic nitrogens is 1. The highest BCUT2D eigenvalue weighted by Crippen LogP contribution is 2.20. The van der Waals surface area contributed by atoms with Crippen molar-refractivity contribution in [3.8, 4) is 0 Å². The number of halogens is 2. The minimum atomic E-state index is 0.508. The van der Waals surface area contributed by atoms with Crippen molar-refractivity contribution in [2.75, 3.05) is 6.54 Å². The first-order chi connectivity index (χ1) is 8.58. The number of hydrogen-bond acceptors (Lipinski definition) is 2. The molecule has 0 saturated heterocycles. The highest BCUT2D eigenvalue weighted by Gasteiger charge is 2.14. The van der Waals surface area contributed by atoms with Crippen LogP contribution in [0.1, 0.15) is 45.7 Å². The number of nitrogens with zero attached hydrogens (tertiary/aromatic N) is 2. The molecule has 0 aromatic carbocycles. The van der Waals surface area contributed by atoms with Crippen LogP contribution in [0.5, 0.6) is 0 Å². The van der Waals surface area contributed by atoms with E-state index in [1.807, 2.05) is 6.07 Å². The van der Waals surface area contributed by atoms with Gasteiger partial charge in [0, 0.05) is 12.6 Å². The van der Waals surface area contributed by atoms with Crippen molar-refractivity contribution < 1.29 is 0 Å². The van der Waals surface area contributed by atoms with Gasteiger partial charge in [0.2, 0.25) is 0 Å². The molecule has 1 heterocycles. The highest BCUT2D eigenvalue weighted by molar-refractivity contribution is 6.32. The minimum Gasteiger partial charge on any atom is -0.295 e. The summed E-state index contributed by atoms with van der Waals surface area (Å²) >= 11 is 12.1. The van der Waals surface area contributed by atoms with Crippen LogP contribution in [0.3, 0.4) is 0 Å². The third kappa shape index (κ3) is 4.75. The SMILES string of the molecule is CCCCN(Cc1nc(Cl)ccc1Cl)C(C)CC. The third-order valence-electron chi connectivity index (χ3n) is 3.25. The Labute approximate surface area is 120 Å². The molecule has 0 aliphatic rings. The summed E-state index contributed by atoms with van der Waals surface area (Å²) in [6, 6.07) is 4.09. The number of unbranched alkanes of at least 4 members (excludes halogenated alkanes) is 1. The predicted molar refractivity (Wildman–Crippen MR) is 79.3 cm³/mol. The lowest BCUT2D eigenvalue weighted by Gasteiger charge is -2.28. The van der Waals surface area contributed by atoms with Crippen LogP contribution in [0, 0.1) is 0 Å². The quantitative estimate of drug-likeness (QED) is 0.671. The first kappa shape index (κ1) is 15.7. The summed E-state index contributed by atoms with van der Waals surface area (Å²) in [6.07, 6.45) is 3.52. The first-order valence-corrected chi connectivity index (χ1v) is 7.39. The lowest BCUT2D eigenvalue weighted by molar-refractivity contribution is 0.190. The number of pyridine rings is 1. The van der Waals surface area contributed by atoms with E-state index in [0.717, 1.165) is 25.2 Å². The fraction of sp³-hybridized carbons (Fsp3) is 0.643. The Hall–Kier alpha value is -0.310. The summed E-state index contributed by atoms with van der Waals surface area (Å²) in [5.74, 6) is 0. The topological polar surface area (TPSA) is 16.1 Å². The molecular weight excluding hydrogens is 267 g/mol. The molecule has 1 aromatic rings. The lowest BCUT2D eigenvalue weighted by Crippen LogP contribution is -2.33. The number of hydrogen-bond donors (Lipinski definition) is 0. The molecule has 0 saturated carbocycles. The molecule has 2 nitrogen and oxygen atoms in total. The Morgan fingerprint density at radius 1 is 1.28 bits per heavy atom. The molecule has 102 valence electrons. The minimum absolute atomic E-state index is 0.508. The Kier molecular flexibility index (Phi) is 6.98. The van der Waals surface area contributed by atoms with E-state index in [2.05, 4.69) is 30.7 Å². The van der Waals surface area contributed by atoms with Crippen LogP contribution in [0.25, 0.3) is 0 Å². The predicted octanol–water partition coefficient (Wildman–Crippen LogP) is 4.79. The zero-order valence-corrected chi connectivity index (χ0v) is 12.9. The van der Waals surface area contributed by atoms with Crippen molar-refractivity contribution in [3.05, 3.63) is 28.0 Å². The van der Waals surface area contributed by atoms with Crippen molar-refractivity contribution in [1.82, 2.24) is 9.88 Å². The van der Waals surface area contributed by atoms with E-state index in [4.69, 9.17) is 23.2 Å². The van der Waals surface area contributed by atoms with E-state index in [1.165, 1.54) is 12.8 Å². The Morgan fingerprint density at radius 2 is 2.00 bits per heavy atom. The van der Waals surface area contributed by atoms with E-state index < -0.39 is 0 Å². The first-order valence-electron chi connectivity index (χ1n) is 6.63. The standard InChI is InChI=1S/C14H22Cl2N2/c1-4-6-9-18(11(3)5-2)10-13-12(15)7-8-14(16)17-13/h7-8,11H,4-6,9-10H2,1-3H3. The second-order valence-corrected chi connectivity index (χ2v) is 5.44. The largest absolute Gasteiger partial charge is 0.295 e. The third-order valence-corrected chi connectivity index (χ3v) is 3.81. The van der Waals surface area contributed by atoms with Crippen molar-refractivity contribution >= 4 is 23.2 Å². The van der Waals surface area contributed by atoms with Crippen LogP contribution in [-0.2, 0) is 6.54 Å². The second-order valence-electron chi connectivity index (χ2n) is 4.64. The van der Waals surface area contributed by atoms with Gasteiger partial charge in [-0.25, -0.2) is 4.98 Å². The summed E-state index contributed by atoms with van der Waals surface area (Å²) in [5, 5.41) is 1.21. The van der Waals surface area contributed by atoms with Crippen LogP contribution in [0.4, 0.5) is 0 Å². The molecule has 0 bridgehead atoms. The molecule has 1 unspecified atom stereocenters. The van der Waals surface area contributed by atoms with Gasteiger partial charge < -0.3 is 0 Å². The van der Waals surface area contributed by atoms with Crippen molar-refractivity contribution in [2.45, 2.75) is 52.6 Å². The van der Waals surface area contributed by atoms with E-state index in [-0.39, 0.29) is 0 Å². The average molecular weight is 289 g/mol. The van der Waals surface area contributed by atoms with Crippen LogP contribution >= 0.6 is 23.2 Å². The summed E-state index contributed by atoms with van der Waals surface area (Å²) in [5.41, 5.74) is 0.876. The molecule has 0 amide bonds. The summed E-state index contributed by atoms with van der Waals surface area (Å²) in [6.45, 7) is 8.51. The van der Waals surface area contributed by atoms with Crippen LogP contribution in [0.15, 0.2) is 12.1 Å². The van der Waals surface area contributed by atoms with Crippen molar-refractivity contribution in [1.29, 1.82) is 0 Å². The average Bonchev–Trinajstić information content (AvgIpc) is 2.37. The van der Waals surface area contributed by atoms with Gasteiger partial charge in [0.1, 0.15) is 5.15 Å². The van der Waals surface area contributed by atoms with Crippen molar-refractivity contribution in [3.63, 3.8) is 0 Å². The van der Waals surface area contributed by atoms with Gasteiger partial charge in [-0.1, -0.05) is 43.5 Å². The molecule has 4 heteroatoms. The van der Waals surface area contributed by atoms with Gasteiger partial charge in [0.25, 0.3) is 0 Å². The van der Waals surface area contributed by atoms with E-state index in [9.17, 15) is 0 Å². The molecule has 1 aromatic heterocycles. The summed E-state index contributed by atoms with van der Waals surface area (Å²) in [4.78, 5) is 6.75. The summed E-state index contributed by atoms with van der Waals surface area (Å²) < 4.78 is 0. The molecule has 0 aliphatic carbocycles. The molecule has 0 radical (unpaired) electrons. The van der Waals surface area contributed by atoms with Gasteiger partial charge in [0.05, 0.1) is 10.7 Å². The zero-order chi connectivity index (χ0) is 13.5. The molecule has 1 rings (SSSR count). The maximum absolute atomic E-state index is 6.17. The monoisotopic (exact) mass is 288 g/mol. The highest BCUT2D eigenvalue weighted by atomic mass is 35.5. The zero-order valence-electron chi connectivity index (χ0n) is 11.4. The van der Waals surface area contributed by atoms with E-state index in [0.29, 0.717) is 16.2 Å². The van der Waals surface area contributed by atoms with E-state index in [1.54, 1.807) is 6.07 Å². The van der Waals surface area contributed by atoms with Crippen LogP contribution in [-0.4, -0.2) is 22.5 Å². The molecule has 0 fully saturated rings. The molecule has 0 spiro atoms. The fourth-order valence-electron chi connectivity index (χ4n) is 1.84. The maximum Gasteiger partial charge on any atom is 0.129 e. The molecule has 0 aliphatic heterocycles. The summed E-state index contributed by atoms with van der Waals surface area (Å²) in [7, 11) is 0. The molecule has 1 atom stereocenters. The Balaban J connectivity index is 2.77. The molecule has 18 heavy (non-hydrogen) atoms. The Morgan fingerprint density at radius 3 is 2.61 bits per heavy atom. The molecule has 0 N–H and O–H groups in total. The van der Waals surface area contributed by atoms with Gasteiger partial charge in [-0.05, 0) is 38.4 Å². The smallest absolute Gasteiger partial charge is 0.129 e. The molecular formula is C14H22Cl2N2. The van der Waals surface area contributed by atoms with Crippen LogP contribution < -0.4 is 0 Å². The Bertz CT molecular complexity index is 369. The van der Waals surface area contributed by atoms with Crippen LogP contribution in [0.2, 0.25) is 10.2 Å². The van der Waals surface area contributed by atoms with Gasteiger partial charge in [0.15, 0.2) is 0 Å². The van der Waals surface area contributed by atoms with E-state index >= 15 is 0 Å². The van der Waals surface area contributed by atoms with Gasteiger partial charge in [-0.2, -0.15) is 0 Å². The fourth-order valence-corrected chi connectivity index (χ4v) is 2.17. The second kappa shape index (κ2) is 7.98. The lowest BCUT2D eigenvalue weighted by atomic mass is 10.2. The van der Waals surface area contributed by atoms with Crippen molar-refractivity contribution in [2.24, 2.45) is 0 Å². The number of rotatable bonds is 7.